The number of hydrogen-bond donors (Lipinski definition) is 0. The van der Waals surface area contributed by atoms with Crippen LogP contribution < -0.4 is 0 Å². The van der Waals surface area contributed by atoms with Gasteiger partial charge in [0.25, 0.3) is 0 Å². The van der Waals surface area contributed by atoms with Gasteiger partial charge in [-0.25, -0.2) is 0 Å². The minimum atomic E-state index is 1.05. The lowest BCUT2D eigenvalue weighted by Gasteiger charge is -2.43. The van der Waals surface area contributed by atoms with Crippen LogP contribution in [0.15, 0.2) is 0 Å². The summed E-state index contributed by atoms with van der Waals surface area (Å²) in [6.45, 7) is 2.41. The maximum Gasteiger partial charge on any atom is -0.0383 e. The largest absolute Gasteiger partial charge is 0.0625 e. The van der Waals surface area contributed by atoms with E-state index in [9.17, 15) is 0 Å². The van der Waals surface area contributed by atoms with Crippen LogP contribution in [0.5, 0.6) is 0 Å². The minimum absolute atomic E-state index is 1.05. The lowest BCUT2D eigenvalue weighted by Crippen LogP contribution is -2.31. The Morgan fingerprint density at radius 2 is 1.56 bits per heavy atom. The first-order valence-electron chi connectivity index (χ1n) is 4.36. The zero-order valence-corrected chi connectivity index (χ0v) is 6.27. The molecule has 52 valence electrons. The zero-order chi connectivity index (χ0) is 6.27. The van der Waals surface area contributed by atoms with E-state index in [1.807, 2.05) is 0 Å². The first-order chi connectivity index (χ1) is 4.36. The van der Waals surface area contributed by atoms with Crippen molar-refractivity contribution in [3.63, 3.8) is 0 Å². The van der Waals surface area contributed by atoms with E-state index >= 15 is 0 Å². The number of rotatable bonds is 0. The third-order valence-corrected chi connectivity index (χ3v) is 3.31. The van der Waals surface area contributed by atoms with Crippen molar-refractivity contribution in [3.05, 3.63) is 0 Å². The molecule has 0 aromatic carbocycles. The van der Waals surface area contributed by atoms with Crippen molar-refractivity contribution in [3.8, 4) is 0 Å². The second kappa shape index (κ2) is 2.00. The quantitative estimate of drug-likeness (QED) is 0.466. The Morgan fingerprint density at radius 3 is 2.00 bits per heavy atom. The summed E-state index contributed by atoms with van der Waals surface area (Å²) in [6.07, 6.45) is 7.71. The van der Waals surface area contributed by atoms with E-state index < -0.39 is 0 Å². The van der Waals surface area contributed by atoms with Gasteiger partial charge in [-0.15, -0.1) is 0 Å². The van der Waals surface area contributed by atoms with Gasteiger partial charge in [-0.2, -0.15) is 0 Å². The molecule has 0 aromatic heterocycles. The summed E-state index contributed by atoms with van der Waals surface area (Å²) in [5.41, 5.74) is 0. The molecule has 2 rings (SSSR count). The summed E-state index contributed by atoms with van der Waals surface area (Å²) in [7, 11) is 0. The van der Waals surface area contributed by atoms with Crippen molar-refractivity contribution in [2.45, 2.75) is 39.0 Å². The first-order valence-corrected chi connectivity index (χ1v) is 4.36. The van der Waals surface area contributed by atoms with Gasteiger partial charge in [-0.1, -0.05) is 13.3 Å². The van der Waals surface area contributed by atoms with E-state index in [1.54, 1.807) is 25.7 Å². The normalized spacial score (nSPS) is 49.7. The molecule has 0 radical (unpaired) electrons. The fourth-order valence-electron chi connectivity index (χ4n) is 2.46. The van der Waals surface area contributed by atoms with Crippen molar-refractivity contribution < 1.29 is 0 Å². The Bertz CT molecular complexity index is 107. The van der Waals surface area contributed by atoms with Gasteiger partial charge in [0.2, 0.25) is 0 Å². The predicted octanol–water partition coefficient (Wildman–Crippen LogP) is 2.83. The molecule has 0 amide bonds. The van der Waals surface area contributed by atoms with Gasteiger partial charge in [0.15, 0.2) is 0 Å². The molecule has 2 fully saturated rings. The first kappa shape index (κ1) is 5.76. The molecule has 2 aliphatic rings. The molecule has 0 heterocycles. The molecule has 0 nitrogen and oxygen atoms in total. The summed E-state index contributed by atoms with van der Waals surface area (Å²) in [5.74, 6) is 3.38. The standard InChI is InChI=1S/C9H16/c1-7-2-3-8-4-5-9(8)6-7/h7-9H,2-6H2,1H3/t7-,8-,9-/m0/s1. The molecule has 0 unspecified atom stereocenters. The second-order valence-electron chi connectivity index (χ2n) is 4.02. The third kappa shape index (κ3) is 0.889. The number of fused-ring (bicyclic) bond motifs is 1. The van der Waals surface area contributed by atoms with Gasteiger partial charge in [-0.3, -0.25) is 0 Å². The molecule has 3 atom stereocenters. The maximum absolute atomic E-state index is 2.41. The lowest BCUT2D eigenvalue weighted by atomic mass is 9.63. The monoisotopic (exact) mass is 124 g/mol. The molecule has 0 spiro atoms. The van der Waals surface area contributed by atoms with Crippen LogP contribution in [0.25, 0.3) is 0 Å². The number of hydrogen-bond acceptors (Lipinski definition) is 0. The van der Waals surface area contributed by atoms with E-state index in [-0.39, 0.29) is 0 Å². The van der Waals surface area contributed by atoms with Crippen LogP contribution in [-0.4, -0.2) is 0 Å². The highest BCUT2D eigenvalue weighted by Gasteiger charge is 2.34. The summed E-state index contributed by atoms with van der Waals surface area (Å²) >= 11 is 0. The highest BCUT2D eigenvalue weighted by Crippen LogP contribution is 2.46. The van der Waals surface area contributed by atoms with Crippen molar-refractivity contribution >= 4 is 0 Å². The van der Waals surface area contributed by atoms with E-state index in [0.717, 1.165) is 11.8 Å². The van der Waals surface area contributed by atoms with Crippen LogP contribution in [-0.2, 0) is 0 Å². The van der Waals surface area contributed by atoms with Crippen molar-refractivity contribution in [2.24, 2.45) is 17.8 Å². The maximum atomic E-state index is 2.41. The van der Waals surface area contributed by atoms with Gasteiger partial charge < -0.3 is 0 Å². The van der Waals surface area contributed by atoms with E-state index in [1.165, 1.54) is 12.3 Å². The Hall–Kier alpha value is 0. The smallest absolute Gasteiger partial charge is 0.0383 e. The minimum Gasteiger partial charge on any atom is -0.0625 e. The highest BCUT2D eigenvalue weighted by molar-refractivity contribution is 4.85. The topological polar surface area (TPSA) is 0 Å². The van der Waals surface area contributed by atoms with Gasteiger partial charge >= 0.3 is 0 Å². The third-order valence-electron chi connectivity index (χ3n) is 3.31. The molecule has 9 heavy (non-hydrogen) atoms. The average Bonchev–Trinajstić information content (AvgIpc) is 1.78. The molecular weight excluding hydrogens is 108 g/mol. The van der Waals surface area contributed by atoms with Gasteiger partial charge in [0.1, 0.15) is 0 Å². The predicted molar refractivity (Wildman–Crippen MR) is 39.2 cm³/mol. The Labute approximate surface area is 57.6 Å². The Kier molecular flexibility index (Phi) is 1.28. The lowest BCUT2D eigenvalue weighted by molar-refractivity contribution is 0.0857. The highest BCUT2D eigenvalue weighted by atomic mass is 14.4. The molecule has 0 saturated heterocycles. The zero-order valence-electron chi connectivity index (χ0n) is 6.27. The van der Waals surface area contributed by atoms with Gasteiger partial charge in [0, 0.05) is 0 Å². The fraction of sp³-hybridized carbons (Fsp3) is 1.00. The summed E-state index contributed by atoms with van der Waals surface area (Å²) in [5, 5.41) is 0. The Balaban J connectivity index is 1.92. The van der Waals surface area contributed by atoms with Crippen molar-refractivity contribution in [1.82, 2.24) is 0 Å². The summed E-state index contributed by atoms with van der Waals surface area (Å²) < 4.78 is 0. The van der Waals surface area contributed by atoms with Crippen LogP contribution in [0, 0.1) is 17.8 Å². The van der Waals surface area contributed by atoms with Crippen LogP contribution in [0.2, 0.25) is 0 Å². The molecule has 2 aliphatic carbocycles. The van der Waals surface area contributed by atoms with Crippen LogP contribution in [0.3, 0.4) is 0 Å². The van der Waals surface area contributed by atoms with Crippen LogP contribution >= 0.6 is 0 Å². The summed E-state index contributed by atoms with van der Waals surface area (Å²) in [4.78, 5) is 0. The Morgan fingerprint density at radius 1 is 0.889 bits per heavy atom. The molecule has 0 bridgehead atoms. The molecule has 0 aliphatic heterocycles. The fourth-order valence-corrected chi connectivity index (χ4v) is 2.46. The summed E-state index contributed by atoms with van der Waals surface area (Å²) in [6, 6.07) is 0. The molecule has 0 aromatic rings. The SMILES string of the molecule is C[C@H]1CC[C@H]2CC[C@H]2C1. The van der Waals surface area contributed by atoms with Crippen LogP contribution in [0.4, 0.5) is 0 Å². The van der Waals surface area contributed by atoms with Crippen molar-refractivity contribution in [2.75, 3.05) is 0 Å². The molecular formula is C9H16. The van der Waals surface area contributed by atoms with Crippen molar-refractivity contribution in [1.29, 1.82) is 0 Å². The molecule has 0 N–H and O–H groups in total. The van der Waals surface area contributed by atoms with E-state index in [0.29, 0.717) is 0 Å². The van der Waals surface area contributed by atoms with Gasteiger partial charge in [-0.05, 0) is 43.4 Å². The van der Waals surface area contributed by atoms with E-state index in [4.69, 9.17) is 0 Å². The molecule has 2 saturated carbocycles. The molecule has 0 heteroatoms. The van der Waals surface area contributed by atoms with E-state index in [2.05, 4.69) is 6.92 Å². The van der Waals surface area contributed by atoms with Gasteiger partial charge in [0.05, 0.1) is 0 Å². The van der Waals surface area contributed by atoms with Crippen LogP contribution in [0.1, 0.15) is 39.0 Å². The second-order valence-corrected chi connectivity index (χ2v) is 4.02. The average molecular weight is 124 g/mol.